The lowest BCUT2D eigenvalue weighted by Gasteiger charge is -2.21. The molecule has 0 aliphatic carbocycles. The molecular formula is C21H21N3OS. The Balaban J connectivity index is 1.59. The standard InChI is InChI=1S/C21H21N3OS/c1-3-13-24-19-11-7-5-9-17(19)22-21(24)26-15(2)20(25)23-14-12-16-8-4-6-10-18(16)23/h3-11,15H,1,12-14H2,2H3. The second kappa shape index (κ2) is 7.00. The highest BCUT2D eigenvalue weighted by molar-refractivity contribution is 8.00. The Hall–Kier alpha value is -2.53. The smallest absolute Gasteiger partial charge is 0.240 e. The molecule has 2 heterocycles. The number of carbonyl (C=O) groups is 1. The summed E-state index contributed by atoms with van der Waals surface area (Å²) in [7, 11) is 0. The molecule has 4 rings (SSSR count). The van der Waals surface area contributed by atoms with E-state index in [1.165, 1.54) is 17.3 Å². The minimum atomic E-state index is -0.207. The van der Waals surface area contributed by atoms with Gasteiger partial charge in [-0.3, -0.25) is 4.79 Å². The highest BCUT2D eigenvalue weighted by Crippen LogP contribution is 2.32. The van der Waals surface area contributed by atoms with Gasteiger partial charge in [0.2, 0.25) is 5.91 Å². The SMILES string of the molecule is C=CCn1c(SC(C)C(=O)N2CCc3ccccc32)nc2ccccc21. The van der Waals surface area contributed by atoms with E-state index in [-0.39, 0.29) is 11.2 Å². The number of aromatic nitrogens is 2. The highest BCUT2D eigenvalue weighted by Gasteiger charge is 2.29. The third-order valence-electron chi connectivity index (χ3n) is 4.71. The summed E-state index contributed by atoms with van der Waals surface area (Å²) < 4.78 is 2.12. The maximum atomic E-state index is 13.0. The van der Waals surface area contributed by atoms with Crippen molar-refractivity contribution in [2.24, 2.45) is 0 Å². The molecule has 1 amide bonds. The van der Waals surface area contributed by atoms with Crippen molar-refractivity contribution < 1.29 is 4.79 Å². The number of fused-ring (bicyclic) bond motifs is 2. The minimum Gasteiger partial charge on any atom is -0.315 e. The topological polar surface area (TPSA) is 38.1 Å². The number of anilines is 1. The number of carbonyl (C=O) groups excluding carboxylic acids is 1. The largest absolute Gasteiger partial charge is 0.315 e. The molecule has 0 saturated heterocycles. The van der Waals surface area contributed by atoms with Gasteiger partial charge in [-0.2, -0.15) is 0 Å². The number of benzene rings is 2. The van der Waals surface area contributed by atoms with Gasteiger partial charge in [0.1, 0.15) is 0 Å². The fourth-order valence-corrected chi connectivity index (χ4v) is 4.44. The Kier molecular flexibility index (Phi) is 4.55. The van der Waals surface area contributed by atoms with Crippen molar-refractivity contribution in [3.05, 3.63) is 66.7 Å². The summed E-state index contributed by atoms with van der Waals surface area (Å²) >= 11 is 1.52. The highest BCUT2D eigenvalue weighted by atomic mass is 32.2. The lowest BCUT2D eigenvalue weighted by Crippen LogP contribution is -2.35. The molecule has 0 N–H and O–H groups in total. The number of allylic oxidation sites excluding steroid dienone is 1. The number of amides is 1. The molecule has 3 aromatic rings. The molecule has 26 heavy (non-hydrogen) atoms. The zero-order valence-corrected chi connectivity index (χ0v) is 15.6. The third kappa shape index (κ3) is 2.92. The monoisotopic (exact) mass is 363 g/mol. The van der Waals surface area contributed by atoms with Gasteiger partial charge in [-0.05, 0) is 37.1 Å². The maximum Gasteiger partial charge on any atom is 0.240 e. The van der Waals surface area contributed by atoms with Crippen LogP contribution in [0.15, 0.2) is 66.3 Å². The van der Waals surface area contributed by atoms with E-state index in [0.29, 0.717) is 6.54 Å². The Morgan fingerprint density at radius 2 is 2.04 bits per heavy atom. The van der Waals surface area contributed by atoms with E-state index in [9.17, 15) is 4.79 Å². The van der Waals surface area contributed by atoms with Crippen molar-refractivity contribution in [3.63, 3.8) is 0 Å². The Morgan fingerprint density at radius 1 is 1.27 bits per heavy atom. The number of nitrogens with zero attached hydrogens (tertiary/aromatic N) is 3. The van der Waals surface area contributed by atoms with E-state index in [0.717, 1.165) is 34.8 Å². The summed E-state index contributed by atoms with van der Waals surface area (Å²) in [5.74, 6) is 0.136. The molecule has 1 aromatic heterocycles. The van der Waals surface area contributed by atoms with E-state index in [4.69, 9.17) is 4.98 Å². The molecule has 1 aliphatic rings. The molecule has 0 bridgehead atoms. The molecule has 1 unspecified atom stereocenters. The van der Waals surface area contributed by atoms with Gasteiger partial charge >= 0.3 is 0 Å². The van der Waals surface area contributed by atoms with Crippen LogP contribution >= 0.6 is 11.8 Å². The lowest BCUT2D eigenvalue weighted by molar-refractivity contribution is -0.117. The van der Waals surface area contributed by atoms with Crippen LogP contribution in [0.3, 0.4) is 0 Å². The molecule has 0 spiro atoms. The average Bonchev–Trinajstić information content (AvgIpc) is 3.23. The Labute approximate surface area is 157 Å². The van der Waals surface area contributed by atoms with E-state index < -0.39 is 0 Å². The van der Waals surface area contributed by atoms with Gasteiger partial charge < -0.3 is 9.47 Å². The van der Waals surface area contributed by atoms with Crippen molar-refractivity contribution in [2.45, 2.75) is 30.3 Å². The minimum absolute atomic E-state index is 0.136. The molecule has 0 fully saturated rings. The Morgan fingerprint density at radius 3 is 2.88 bits per heavy atom. The van der Waals surface area contributed by atoms with Crippen LogP contribution in [-0.4, -0.2) is 27.3 Å². The number of thioether (sulfide) groups is 1. The molecule has 5 heteroatoms. The van der Waals surface area contributed by atoms with E-state index in [1.54, 1.807) is 0 Å². The molecule has 2 aromatic carbocycles. The number of hydrogen-bond acceptors (Lipinski definition) is 3. The lowest BCUT2D eigenvalue weighted by atomic mass is 10.2. The summed E-state index contributed by atoms with van der Waals surface area (Å²) in [5.41, 5.74) is 4.31. The normalized spacial score (nSPS) is 14.4. The first-order chi connectivity index (χ1) is 12.7. The quantitative estimate of drug-likeness (QED) is 0.501. The molecule has 1 aliphatic heterocycles. The summed E-state index contributed by atoms with van der Waals surface area (Å²) in [6.45, 7) is 7.25. The number of rotatable bonds is 5. The predicted octanol–water partition coefficient (Wildman–Crippen LogP) is 4.29. The summed E-state index contributed by atoms with van der Waals surface area (Å²) in [5, 5.41) is 0.654. The average molecular weight is 363 g/mol. The van der Waals surface area contributed by atoms with Gasteiger partial charge in [0, 0.05) is 18.8 Å². The van der Waals surface area contributed by atoms with Crippen molar-refractivity contribution >= 4 is 34.4 Å². The van der Waals surface area contributed by atoms with Crippen molar-refractivity contribution in [1.29, 1.82) is 0 Å². The van der Waals surface area contributed by atoms with Crippen molar-refractivity contribution in [3.8, 4) is 0 Å². The number of para-hydroxylation sites is 3. The van der Waals surface area contributed by atoms with Gasteiger partial charge in [0.15, 0.2) is 5.16 Å². The molecule has 0 saturated carbocycles. The van der Waals surface area contributed by atoms with Gasteiger partial charge in [-0.25, -0.2) is 4.98 Å². The second-order valence-electron chi connectivity index (χ2n) is 6.41. The van der Waals surface area contributed by atoms with Crippen molar-refractivity contribution in [2.75, 3.05) is 11.4 Å². The van der Waals surface area contributed by atoms with E-state index in [2.05, 4.69) is 23.3 Å². The van der Waals surface area contributed by atoms with Crippen LogP contribution < -0.4 is 4.90 Å². The van der Waals surface area contributed by atoms with Crippen LogP contribution in [0.1, 0.15) is 12.5 Å². The molecule has 4 nitrogen and oxygen atoms in total. The fourth-order valence-electron chi connectivity index (χ4n) is 3.44. The van der Waals surface area contributed by atoms with Gasteiger partial charge in [0.25, 0.3) is 0 Å². The molecular weight excluding hydrogens is 342 g/mol. The van der Waals surface area contributed by atoms with Gasteiger partial charge in [-0.15, -0.1) is 6.58 Å². The predicted molar refractivity (Wildman–Crippen MR) is 108 cm³/mol. The van der Waals surface area contributed by atoms with Gasteiger partial charge in [-0.1, -0.05) is 48.2 Å². The summed E-state index contributed by atoms with van der Waals surface area (Å²) in [6, 6.07) is 16.2. The van der Waals surface area contributed by atoms with Crippen LogP contribution in [0, 0.1) is 0 Å². The zero-order chi connectivity index (χ0) is 18.1. The van der Waals surface area contributed by atoms with Crippen LogP contribution in [0.5, 0.6) is 0 Å². The van der Waals surface area contributed by atoms with E-state index >= 15 is 0 Å². The van der Waals surface area contributed by atoms with E-state index in [1.807, 2.05) is 54.3 Å². The van der Waals surface area contributed by atoms with Gasteiger partial charge in [0.05, 0.1) is 16.3 Å². The van der Waals surface area contributed by atoms with Crippen LogP contribution in [-0.2, 0) is 17.8 Å². The molecule has 132 valence electrons. The van der Waals surface area contributed by atoms with Crippen LogP contribution in [0.25, 0.3) is 11.0 Å². The summed E-state index contributed by atoms with van der Waals surface area (Å²) in [6.07, 6.45) is 2.79. The zero-order valence-electron chi connectivity index (χ0n) is 14.8. The van der Waals surface area contributed by atoms with Crippen LogP contribution in [0.4, 0.5) is 5.69 Å². The molecule has 1 atom stereocenters. The van der Waals surface area contributed by atoms with Crippen LogP contribution in [0.2, 0.25) is 0 Å². The first kappa shape index (κ1) is 16.9. The first-order valence-corrected chi connectivity index (χ1v) is 9.69. The molecule has 0 radical (unpaired) electrons. The third-order valence-corrected chi connectivity index (χ3v) is 5.79. The number of imidazole rings is 1. The fraction of sp³-hybridized carbons (Fsp3) is 0.238. The number of hydrogen-bond donors (Lipinski definition) is 0. The Bertz CT molecular complexity index is 978. The second-order valence-corrected chi connectivity index (χ2v) is 7.72. The van der Waals surface area contributed by atoms with Crippen molar-refractivity contribution in [1.82, 2.24) is 9.55 Å². The maximum absolute atomic E-state index is 13.0. The summed E-state index contributed by atoms with van der Waals surface area (Å²) in [4.78, 5) is 19.7. The first-order valence-electron chi connectivity index (χ1n) is 8.81.